The molecule has 1 saturated heterocycles. The number of nitrogens with two attached hydrogens (primary N) is 3. The Bertz CT molecular complexity index is 621. The summed E-state index contributed by atoms with van der Waals surface area (Å²) in [6.07, 6.45) is 1.00. The monoisotopic (exact) mass is 400 g/mol. The van der Waals surface area contributed by atoms with Gasteiger partial charge in [-0.25, -0.2) is 4.79 Å². The summed E-state index contributed by atoms with van der Waals surface area (Å²) < 4.78 is 0. The quantitative estimate of drug-likeness (QED) is 0.126. The summed E-state index contributed by atoms with van der Waals surface area (Å²) >= 11 is 0. The van der Waals surface area contributed by atoms with Gasteiger partial charge in [0.2, 0.25) is 11.8 Å². The van der Waals surface area contributed by atoms with Gasteiger partial charge >= 0.3 is 11.9 Å². The molecule has 28 heavy (non-hydrogen) atoms. The maximum atomic E-state index is 12.7. The highest BCUT2D eigenvalue weighted by atomic mass is 16.4. The van der Waals surface area contributed by atoms with Crippen molar-refractivity contribution in [3.05, 3.63) is 0 Å². The number of nitrogens with one attached hydrogen (secondary N) is 1. The van der Waals surface area contributed by atoms with Crippen LogP contribution in [0.25, 0.3) is 0 Å². The van der Waals surface area contributed by atoms with Crippen molar-refractivity contribution in [2.45, 2.75) is 56.7 Å². The fraction of sp³-hybridized carbons (Fsp3) is 0.688. The molecule has 12 heteroatoms. The molecule has 0 bridgehead atoms. The number of aliphatic imine (C=N–C) groups is 1. The van der Waals surface area contributed by atoms with Gasteiger partial charge in [0.25, 0.3) is 0 Å². The molecule has 1 heterocycles. The Labute approximate surface area is 162 Å². The van der Waals surface area contributed by atoms with Crippen LogP contribution in [0.3, 0.4) is 0 Å². The van der Waals surface area contributed by atoms with Crippen molar-refractivity contribution >= 4 is 29.7 Å². The van der Waals surface area contributed by atoms with Gasteiger partial charge in [0.15, 0.2) is 5.96 Å². The SMILES string of the molecule is NC(N)=NCCC[C@H](N)C(=O)N[C@@H](CCC(=O)O)C(=O)N1CCC[C@@H]1C(=O)O. The molecule has 12 nitrogen and oxygen atoms in total. The highest BCUT2D eigenvalue weighted by Gasteiger charge is 2.38. The molecule has 0 saturated carbocycles. The van der Waals surface area contributed by atoms with Crippen LogP contribution in [0, 0.1) is 0 Å². The average Bonchev–Trinajstić information content (AvgIpc) is 3.10. The summed E-state index contributed by atoms with van der Waals surface area (Å²) in [4.78, 5) is 52.2. The molecule has 1 aliphatic heterocycles. The van der Waals surface area contributed by atoms with E-state index < -0.39 is 41.9 Å². The second-order valence-corrected chi connectivity index (χ2v) is 6.58. The van der Waals surface area contributed by atoms with Gasteiger partial charge in [-0.05, 0) is 32.1 Å². The number of amides is 2. The van der Waals surface area contributed by atoms with E-state index in [0.717, 1.165) is 0 Å². The van der Waals surface area contributed by atoms with E-state index in [1.807, 2.05) is 0 Å². The minimum absolute atomic E-state index is 0.0732. The lowest BCUT2D eigenvalue weighted by Gasteiger charge is -2.27. The molecule has 2 amide bonds. The first kappa shape index (κ1) is 23.1. The van der Waals surface area contributed by atoms with E-state index in [-0.39, 0.29) is 31.8 Å². The third-order valence-corrected chi connectivity index (χ3v) is 4.39. The Balaban J connectivity index is 2.73. The van der Waals surface area contributed by atoms with Gasteiger partial charge in [-0.1, -0.05) is 0 Å². The van der Waals surface area contributed by atoms with Crippen molar-refractivity contribution in [3.8, 4) is 0 Å². The number of carboxylic acids is 2. The summed E-state index contributed by atoms with van der Waals surface area (Å²) in [5, 5.41) is 20.6. The number of aliphatic carboxylic acids is 2. The lowest BCUT2D eigenvalue weighted by Crippen LogP contribution is -2.54. The Hall–Kier alpha value is -2.89. The molecule has 0 unspecified atom stereocenters. The average molecular weight is 400 g/mol. The van der Waals surface area contributed by atoms with E-state index in [2.05, 4.69) is 10.3 Å². The van der Waals surface area contributed by atoms with E-state index in [1.54, 1.807) is 0 Å². The topological polar surface area (TPSA) is 214 Å². The van der Waals surface area contributed by atoms with Crippen molar-refractivity contribution in [2.75, 3.05) is 13.1 Å². The van der Waals surface area contributed by atoms with E-state index in [9.17, 15) is 24.3 Å². The number of carbonyl (C=O) groups is 4. The molecule has 1 fully saturated rings. The summed E-state index contributed by atoms with van der Waals surface area (Å²) in [6.45, 7) is 0.526. The Morgan fingerprint density at radius 3 is 2.43 bits per heavy atom. The number of likely N-dealkylation sites (tertiary alicyclic amines) is 1. The van der Waals surface area contributed by atoms with Crippen LogP contribution < -0.4 is 22.5 Å². The minimum Gasteiger partial charge on any atom is -0.481 e. The van der Waals surface area contributed by atoms with Crippen molar-refractivity contribution in [2.24, 2.45) is 22.2 Å². The van der Waals surface area contributed by atoms with Crippen molar-refractivity contribution in [1.82, 2.24) is 10.2 Å². The van der Waals surface area contributed by atoms with Crippen LogP contribution in [0.4, 0.5) is 0 Å². The van der Waals surface area contributed by atoms with Gasteiger partial charge in [0.05, 0.1) is 6.04 Å². The van der Waals surface area contributed by atoms with Gasteiger partial charge < -0.3 is 37.6 Å². The molecule has 0 aromatic heterocycles. The zero-order chi connectivity index (χ0) is 21.3. The fourth-order valence-electron chi connectivity index (χ4n) is 2.94. The standard InChI is InChI=1S/C16H28N6O6/c17-9(3-1-7-20-16(18)19)13(25)21-10(5-6-12(23)24)14(26)22-8-2-4-11(22)15(27)28/h9-11H,1-8,17H2,(H,21,25)(H,23,24)(H,27,28)(H4,18,19,20)/t9-,10-,11+/m0/s1. The number of nitrogens with zero attached hydrogens (tertiary/aromatic N) is 2. The van der Waals surface area contributed by atoms with Crippen LogP contribution in [0.1, 0.15) is 38.5 Å². The number of guanidine groups is 1. The van der Waals surface area contributed by atoms with Gasteiger partial charge in [-0.2, -0.15) is 0 Å². The zero-order valence-corrected chi connectivity index (χ0v) is 15.5. The maximum Gasteiger partial charge on any atom is 0.326 e. The first-order valence-corrected chi connectivity index (χ1v) is 9.00. The lowest BCUT2D eigenvalue weighted by molar-refractivity contribution is -0.150. The zero-order valence-electron chi connectivity index (χ0n) is 15.5. The molecule has 9 N–H and O–H groups in total. The largest absolute Gasteiger partial charge is 0.481 e. The number of rotatable bonds is 11. The number of carbonyl (C=O) groups excluding carboxylic acids is 2. The Morgan fingerprint density at radius 2 is 1.86 bits per heavy atom. The predicted octanol–water partition coefficient (Wildman–Crippen LogP) is -2.21. The molecule has 1 aliphatic rings. The molecular formula is C16H28N6O6. The molecular weight excluding hydrogens is 372 g/mol. The summed E-state index contributed by atoms with van der Waals surface area (Å²) in [5.74, 6) is -3.59. The molecule has 0 aromatic rings. The predicted molar refractivity (Wildman–Crippen MR) is 99.1 cm³/mol. The molecule has 0 aromatic carbocycles. The van der Waals surface area contributed by atoms with Crippen LogP contribution >= 0.6 is 0 Å². The van der Waals surface area contributed by atoms with Crippen LogP contribution in [-0.2, 0) is 19.2 Å². The fourth-order valence-corrected chi connectivity index (χ4v) is 2.94. The number of hydrogen-bond acceptors (Lipinski definition) is 6. The summed E-state index contributed by atoms with van der Waals surface area (Å²) in [6, 6.07) is -3.08. The maximum absolute atomic E-state index is 12.7. The Kier molecular flexibility index (Phi) is 9.15. The third-order valence-electron chi connectivity index (χ3n) is 4.39. The van der Waals surface area contributed by atoms with Gasteiger partial charge in [0.1, 0.15) is 12.1 Å². The smallest absolute Gasteiger partial charge is 0.326 e. The van der Waals surface area contributed by atoms with Crippen molar-refractivity contribution < 1.29 is 29.4 Å². The molecule has 1 rings (SSSR count). The highest BCUT2D eigenvalue weighted by Crippen LogP contribution is 2.19. The van der Waals surface area contributed by atoms with E-state index in [1.165, 1.54) is 4.90 Å². The van der Waals surface area contributed by atoms with Gasteiger partial charge in [-0.3, -0.25) is 19.4 Å². The molecule has 0 aliphatic carbocycles. The minimum atomic E-state index is -1.16. The molecule has 158 valence electrons. The highest BCUT2D eigenvalue weighted by molar-refractivity contribution is 5.92. The van der Waals surface area contributed by atoms with E-state index >= 15 is 0 Å². The second kappa shape index (κ2) is 11.1. The summed E-state index contributed by atoms with van der Waals surface area (Å²) in [5.41, 5.74) is 16.2. The third kappa shape index (κ3) is 7.39. The van der Waals surface area contributed by atoms with E-state index in [0.29, 0.717) is 25.8 Å². The lowest BCUT2D eigenvalue weighted by atomic mass is 10.1. The summed E-state index contributed by atoms with van der Waals surface area (Å²) in [7, 11) is 0. The first-order chi connectivity index (χ1) is 13.1. The first-order valence-electron chi connectivity index (χ1n) is 9.00. The molecule has 0 radical (unpaired) electrons. The number of hydrogen-bond donors (Lipinski definition) is 6. The van der Waals surface area contributed by atoms with Crippen LogP contribution in [0.15, 0.2) is 4.99 Å². The van der Waals surface area contributed by atoms with Crippen LogP contribution in [0.2, 0.25) is 0 Å². The molecule has 3 atom stereocenters. The van der Waals surface area contributed by atoms with Gasteiger partial charge in [0, 0.05) is 19.5 Å². The van der Waals surface area contributed by atoms with Crippen LogP contribution in [-0.4, -0.2) is 76.0 Å². The van der Waals surface area contributed by atoms with Gasteiger partial charge in [-0.15, -0.1) is 0 Å². The Morgan fingerprint density at radius 1 is 1.18 bits per heavy atom. The normalized spacial score (nSPS) is 18.2. The van der Waals surface area contributed by atoms with Crippen molar-refractivity contribution in [1.29, 1.82) is 0 Å². The molecule has 0 spiro atoms. The van der Waals surface area contributed by atoms with Crippen molar-refractivity contribution in [3.63, 3.8) is 0 Å². The van der Waals surface area contributed by atoms with E-state index in [4.69, 9.17) is 22.3 Å². The second-order valence-electron chi connectivity index (χ2n) is 6.58. The number of carboxylic acid groups (broad SMARTS) is 2. The van der Waals surface area contributed by atoms with Crippen LogP contribution in [0.5, 0.6) is 0 Å².